The molecule has 1 aromatic heterocycles. The lowest BCUT2D eigenvalue weighted by atomic mass is 9.83. The molecule has 3 atom stereocenters. The van der Waals surface area contributed by atoms with Gasteiger partial charge in [-0.1, -0.05) is 6.07 Å². The first kappa shape index (κ1) is 20.9. The number of aliphatic imine (C=N–C) groups is 1. The van der Waals surface area contributed by atoms with E-state index in [4.69, 9.17) is 9.73 Å². The van der Waals surface area contributed by atoms with Crippen LogP contribution in [-0.2, 0) is 4.74 Å². The van der Waals surface area contributed by atoms with Crippen molar-refractivity contribution in [1.29, 1.82) is 0 Å². The predicted molar refractivity (Wildman–Crippen MR) is 119 cm³/mol. The van der Waals surface area contributed by atoms with Crippen molar-refractivity contribution in [3.8, 4) is 0 Å². The number of benzene rings is 1. The number of fused-ring (bicyclic) bond motifs is 1. The van der Waals surface area contributed by atoms with Crippen LogP contribution >= 0.6 is 0 Å². The zero-order valence-electron chi connectivity index (χ0n) is 17.8. The van der Waals surface area contributed by atoms with E-state index >= 15 is 0 Å². The molecule has 2 fully saturated rings. The molecule has 0 radical (unpaired) electrons. The highest BCUT2D eigenvalue weighted by Crippen LogP contribution is 2.31. The standard InChI is InChI=1S/C22H28FN7O2/c23-15-2-1-3-16(11-15)25-22(31)28-19-12-24-29-20(19)21-26-17-5-4-14(10-18(17)27-21)13-30-6-8-32-9-7-30/h1-3,11-12,14,17-18H,4-10,13H2,(H,24,29)(H,26,27)(H2,25,28,31). The molecule has 32 heavy (non-hydrogen) atoms. The zero-order chi connectivity index (χ0) is 21.9. The third kappa shape index (κ3) is 4.76. The molecule has 3 aliphatic rings. The van der Waals surface area contributed by atoms with Gasteiger partial charge in [-0.15, -0.1) is 0 Å². The number of aromatic nitrogens is 2. The van der Waals surface area contributed by atoms with Gasteiger partial charge in [-0.05, 0) is 43.4 Å². The van der Waals surface area contributed by atoms with Crippen LogP contribution in [0.1, 0.15) is 25.0 Å². The van der Waals surface area contributed by atoms with Gasteiger partial charge in [0.05, 0.1) is 37.2 Å². The summed E-state index contributed by atoms with van der Waals surface area (Å²) < 4.78 is 18.8. The number of carbonyl (C=O) groups excluding carboxylic acids is 1. The number of nitrogens with zero attached hydrogens (tertiary/aromatic N) is 3. The minimum absolute atomic E-state index is 0.239. The fourth-order valence-corrected chi connectivity index (χ4v) is 4.79. The molecule has 1 aromatic carbocycles. The first-order valence-corrected chi connectivity index (χ1v) is 11.2. The molecule has 5 rings (SSSR count). The number of morpholine rings is 1. The summed E-state index contributed by atoms with van der Waals surface area (Å²) in [5.41, 5.74) is 1.55. The summed E-state index contributed by atoms with van der Waals surface area (Å²) >= 11 is 0. The Labute approximate surface area is 185 Å². The smallest absolute Gasteiger partial charge is 0.323 e. The summed E-state index contributed by atoms with van der Waals surface area (Å²) in [6.07, 6.45) is 4.84. The largest absolute Gasteiger partial charge is 0.379 e. The maximum absolute atomic E-state index is 13.3. The Bertz CT molecular complexity index is 988. The molecule has 10 heteroatoms. The number of aromatic amines is 1. The lowest BCUT2D eigenvalue weighted by Crippen LogP contribution is -2.45. The molecule has 9 nitrogen and oxygen atoms in total. The molecule has 0 bridgehead atoms. The highest BCUT2D eigenvalue weighted by Gasteiger charge is 2.37. The van der Waals surface area contributed by atoms with Crippen LogP contribution in [0.3, 0.4) is 0 Å². The van der Waals surface area contributed by atoms with Crippen LogP contribution < -0.4 is 16.0 Å². The average Bonchev–Trinajstić information content (AvgIpc) is 3.40. The number of ether oxygens (including phenoxy) is 1. The van der Waals surface area contributed by atoms with Gasteiger partial charge in [0.25, 0.3) is 0 Å². The molecule has 0 spiro atoms. The molecule has 3 unspecified atom stereocenters. The molecular weight excluding hydrogens is 413 g/mol. The zero-order valence-corrected chi connectivity index (χ0v) is 17.8. The van der Waals surface area contributed by atoms with Crippen LogP contribution in [0.25, 0.3) is 0 Å². The molecule has 4 N–H and O–H groups in total. The molecule has 3 heterocycles. The molecule has 2 aliphatic heterocycles. The quantitative estimate of drug-likeness (QED) is 0.570. The number of H-pyrrole nitrogens is 1. The fraction of sp³-hybridized carbons (Fsp3) is 0.500. The van der Waals surface area contributed by atoms with Gasteiger partial charge in [0.15, 0.2) is 0 Å². The highest BCUT2D eigenvalue weighted by molar-refractivity contribution is 6.08. The number of hydrogen-bond donors (Lipinski definition) is 4. The molecule has 1 aliphatic carbocycles. The second-order valence-electron chi connectivity index (χ2n) is 8.64. The Balaban J connectivity index is 1.19. The molecule has 1 saturated carbocycles. The monoisotopic (exact) mass is 441 g/mol. The minimum Gasteiger partial charge on any atom is -0.379 e. The minimum atomic E-state index is -0.472. The summed E-state index contributed by atoms with van der Waals surface area (Å²) in [5, 5.41) is 16.0. The van der Waals surface area contributed by atoms with Crippen molar-refractivity contribution in [2.75, 3.05) is 43.5 Å². The van der Waals surface area contributed by atoms with Gasteiger partial charge in [-0.2, -0.15) is 5.10 Å². The van der Waals surface area contributed by atoms with Crippen molar-refractivity contribution in [1.82, 2.24) is 20.4 Å². The van der Waals surface area contributed by atoms with Crippen molar-refractivity contribution < 1.29 is 13.9 Å². The third-order valence-corrected chi connectivity index (χ3v) is 6.37. The normalized spacial score (nSPS) is 25.5. The lowest BCUT2D eigenvalue weighted by molar-refractivity contribution is 0.0266. The highest BCUT2D eigenvalue weighted by atomic mass is 19.1. The number of amidine groups is 1. The van der Waals surface area contributed by atoms with Gasteiger partial charge >= 0.3 is 6.03 Å². The van der Waals surface area contributed by atoms with E-state index < -0.39 is 11.8 Å². The van der Waals surface area contributed by atoms with Crippen LogP contribution in [0.4, 0.5) is 20.6 Å². The second-order valence-corrected chi connectivity index (χ2v) is 8.64. The molecule has 1 saturated heterocycles. The molecular formula is C22H28FN7O2. The maximum atomic E-state index is 13.3. The second kappa shape index (κ2) is 9.25. The number of halogens is 1. The third-order valence-electron chi connectivity index (χ3n) is 6.37. The van der Waals surface area contributed by atoms with Crippen molar-refractivity contribution in [2.24, 2.45) is 10.9 Å². The Morgan fingerprint density at radius 1 is 1.25 bits per heavy atom. The van der Waals surface area contributed by atoms with E-state index in [1.165, 1.54) is 18.6 Å². The van der Waals surface area contributed by atoms with Crippen LogP contribution in [0.5, 0.6) is 0 Å². The Morgan fingerprint density at radius 2 is 2.12 bits per heavy atom. The van der Waals surface area contributed by atoms with Crippen molar-refractivity contribution in [3.63, 3.8) is 0 Å². The number of rotatable bonds is 5. The van der Waals surface area contributed by atoms with E-state index in [1.807, 2.05) is 0 Å². The van der Waals surface area contributed by atoms with E-state index in [1.54, 1.807) is 18.3 Å². The van der Waals surface area contributed by atoms with E-state index in [0.29, 0.717) is 29.0 Å². The van der Waals surface area contributed by atoms with Crippen molar-refractivity contribution in [3.05, 3.63) is 42.0 Å². The van der Waals surface area contributed by atoms with Gasteiger partial charge in [0.2, 0.25) is 0 Å². The summed E-state index contributed by atoms with van der Waals surface area (Å²) in [6, 6.07) is 5.81. The van der Waals surface area contributed by atoms with Crippen molar-refractivity contribution in [2.45, 2.75) is 31.3 Å². The number of hydrogen-bond acceptors (Lipinski definition) is 6. The SMILES string of the molecule is O=C(Nc1cccc(F)c1)Nc1cn[nH]c1C1=NC2CCC(CN3CCOCC3)CC2N1. The van der Waals surface area contributed by atoms with E-state index in [0.717, 1.165) is 51.5 Å². The van der Waals surface area contributed by atoms with Crippen LogP contribution in [0, 0.1) is 11.7 Å². The molecule has 2 amide bonds. The van der Waals surface area contributed by atoms with Crippen LogP contribution in [0.2, 0.25) is 0 Å². The Kier molecular flexibility index (Phi) is 6.04. The Morgan fingerprint density at radius 3 is 2.97 bits per heavy atom. The summed E-state index contributed by atoms with van der Waals surface area (Å²) in [5.74, 6) is 0.962. The van der Waals surface area contributed by atoms with Crippen LogP contribution in [-0.4, -0.2) is 71.9 Å². The first-order chi connectivity index (χ1) is 15.6. The maximum Gasteiger partial charge on any atom is 0.323 e. The predicted octanol–water partition coefficient (Wildman–Crippen LogP) is 2.41. The molecule has 170 valence electrons. The Hall–Kier alpha value is -2.98. The van der Waals surface area contributed by atoms with E-state index in [9.17, 15) is 9.18 Å². The van der Waals surface area contributed by atoms with Gasteiger partial charge in [0.1, 0.15) is 17.3 Å². The van der Waals surface area contributed by atoms with Gasteiger partial charge in [-0.3, -0.25) is 15.0 Å². The lowest BCUT2D eigenvalue weighted by Gasteiger charge is -2.35. The number of carbonyl (C=O) groups is 1. The average molecular weight is 442 g/mol. The van der Waals surface area contributed by atoms with E-state index in [2.05, 4.69) is 31.0 Å². The van der Waals surface area contributed by atoms with Gasteiger partial charge in [-0.25, -0.2) is 9.18 Å². The van der Waals surface area contributed by atoms with Gasteiger partial charge in [0, 0.05) is 25.3 Å². The van der Waals surface area contributed by atoms with Crippen LogP contribution in [0.15, 0.2) is 35.5 Å². The van der Waals surface area contributed by atoms with Gasteiger partial charge < -0.3 is 20.7 Å². The number of urea groups is 1. The summed E-state index contributed by atoms with van der Waals surface area (Å²) in [7, 11) is 0. The fourth-order valence-electron chi connectivity index (χ4n) is 4.79. The number of anilines is 2. The molecule has 2 aromatic rings. The van der Waals surface area contributed by atoms with E-state index in [-0.39, 0.29) is 6.04 Å². The number of nitrogens with one attached hydrogen (secondary N) is 4. The number of amides is 2. The van der Waals surface area contributed by atoms with Crippen molar-refractivity contribution >= 4 is 23.2 Å². The topological polar surface area (TPSA) is 107 Å². The summed E-state index contributed by atoms with van der Waals surface area (Å²) in [6.45, 7) is 4.79. The summed E-state index contributed by atoms with van der Waals surface area (Å²) in [4.78, 5) is 19.8. The first-order valence-electron chi connectivity index (χ1n) is 11.2.